The molecule has 0 saturated carbocycles. The molecule has 0 radical (unpaired) electrons. The maximum Gasteiger partial charge on any atom is 0.310 e. The molecule has 0 aliphatic carbocycles. The second kappa shape index (κ2) is 6.80. The van der Waals surface area contributed by atoms with Crippen LogP contribution in [0.25, 0.3) is 0 Å². The fraction of sp³-hybridized carbons (Fsp3) is 0.545. The lowest BCUT2D eigenvalue weighted by Gasteiger charge is -2.09. The zero-order chi connectivity index (χ0) is 12.7. The summed E-state index contributed by atoms with van der Waals surface area (Å²) in [6, 6.07) is 1.59. The number of aliphatic hydroxyl groups is 1. The predicted molar refractivity (Wildman–Crippen MR) is 64.9 cm³/mol. The molecule has 6 nitrogen and oxygen atoms in total. The van der Waals surface area contributed by atoms with E-state index in [2.05, 4.69) is 10.3 Å². The number of rotatable bonds is 7. The summed E-state index contributed by atoms with van der Waals surface area (Å²) in [6.07, 6.45) is 4.51. The van der Waals surface area contributed by atoms with Gasteiger partial charge in [-0.05, 0) is 24.8 Å². The molecule has 1 heterocycles. The van der Waals surface area contributed by atoms with Crippen molar-refractivity contribution in [3.8, 4) is 0 Å². The second-order valence-corrected chi connectivity index (χ2v) is 4.01. The van der Waals surface area contributed by atoms with E-state index in [9.17, 15) is 10.1 Å². The molecule has 0 aliphatic heterocycles. The topological polar surface area (TPSA) is 88.3 Å². The van der Waals surface area contributed by atoms with Crippen LogP contribution in [0.2, 0.25) is 0 Å². The average Bonchev–Trinajstić information content (AvgIpc) is 2.34. The summed E-state index contributed by atoms with van der Waals surface area (Å²) >= 11 is 0. The van der Waals surface area contributed by atoms with E-state index in [4.69, 9.17) is 5.11 Å². The van der Waals surface area contributed by atoms with Crippen LogP contribution in [0.1, 0.15) is 19.8 Å². The lowest BCUT2D eigenvalue weighted by molar-refractivity contribution is -0.384. The normalized spacial score (nSPS) is 12.1. The van der Waals surface area contributed by atoms with Crippen molar-refractivity contribution in [2.75, 3.05) is 18.5 Å². The number of nitrogens with one attached hydrogen (secondary N) is 1. The van der Waals surface area contributed by atoms with Crippen LogP contribution in [-0.4, -0.2) is 28.2 Å². The third-order valence-corrected chi connectivity index (χ3v) is 2.50. The highest BCUT2D eigenvalue weighted by molar-refractivity contribution is 5.59. The van der Waals surface area contributed by atoms with Gasteiger partial charge in [0.05, 0.1) is 4.92 Å². The van der Waals surface area contributed by atoms with E-state index in [-0.39, 0.29) is 18.2 Å². The number of aliphatic hydroxyl groups excluding tert-OH is 1. The Labute approximate surface area is 99.8 Å². The van der Waals surface area contributed by atoms with Gasteiger partial charge < -0.3 is 10.4 Å². The Morgan fingerprint density at radius 3 is 3.06 bits per heavy atom. The van der Waals surface area contributed by atoms with E-state index < -0.39 is 4.92 Å². The Morgan fingerprint density at radius 1 is 1.65 bits per heavy atom. The van der Waals surface area contributed by atoms with Crippen LogP contribution in [-0.2, 0) is 0 Å². The van der Waals surface area contributed by atoms with E-state index >= 15 is 0 Å². The Hall–Kier alpha value is -1.69. The summed E-state index contributed by atoms with van der Waals surface area (Å²) in [6.45, 7) is 2.79. The molecular formula is C11H17N3O3. The summed E-state index contributed by atoms with van der Waals surface area (Å²) < 4.78 is 0. The van der Waals surface area contributed by atoms with Crippen LogP contribution in [0.5, 0.6) is 0 Å². The van der Waals surface area contributed by atoms with E-state index in [0.29, 0.717) is 12.2 Å². The Bertz CT molecular complexity index is 371. The molecule has 1 aromatic heterocycles. The zero-order valence-electron chi connectivity index (χ0n) is 9.80. The monoisotopic (exact) mass is 239 g/mol. The van der Waals surface area contributed by atoms with Crippen molar-refractivity contribution in [1.82, 2.24) is 4.98 Å². The minimum Gasteiger partial charge on any atom is -0.396 e. The Balaban J connectivity index is 2.44. The van der Waals surface area contributed by atoms with Crippen molar-refractivity contribution >= 4 is 11.4 Å². The first-order valence-corrected chi connectivity index (χ1v) is 5.58. The first-order chi connectivity index (χ1) is 8.15. The molecule has 0 aromatic carbocycles. The van der Waals surface area contributed by atoms with Gasteiger partial charge in [0.1, 0.15) is 11.9 Å². The van der Waals surface area contributed by atoms with E-state index in [1.54, 1.807) is 6.07 Å². The molecule has 6 heteroatoms. The Kier molecular flexibility index (Phi) is 5.35. The van der Waals surface area contributed by atoms with Gasteiger partial charge in [-0.2, -0.15) is 0 Å². The van der Waals surface area contributed by atoms with Gasteiger partial charge in [-0.15, -0.1) is 0 Å². The number of nitrogens with zero attached hydrogens (tertiary/aromatic N) is 2. The number of aromatic nitrogens is 1. The lowest BCUT2D eigenvalue weighted by atomic mass is 10.1. The number of pyridine rings is 1. The van der Waals surface area contributed by atoms with Gasteiger partial charge in [0.15, 0.2) is 0 Å². The number of nitro groups is 1. The van der Waals surface area contributed by atoms with Gasteiger partial charge in [0.2, 0.25) is 0 Å². The van der Waals surface area contributed by atoms with Crippen molar-refractivity contribution in [3.63, 3.8) is 0 Å². The molecule has 1 rings (SSSR count). The number of hydrogen-bond acceptors (Lipinski definition) is 5. The molecule has 17 heavy (non-hydrogen) atoms. The van der Waals surface area contributed by atoms with E-state index in [0.717, 1.165) is 12.8 Å². The van der Waals surface area contributed by atoms with E-state index in [1.165, 1.54) is 12.4 Å². The summed E-state index contributed by atoms with van der Waals surface area (Å²) in [5.41, 5.74) is 0.476. The highest BCUT2D eigenvalue weighted by atomic mass is 16.6. The molecule has 1 unspecified atom stereocenters. The molecule has 0 aliphatic rings. The van der Waals surface area contributed by atoms with Gasteiger partial charge >= 0.3 is 5.69 Å². The third-order valence-electron chi connectivity index (χ3n) is 2.50. The largest absolute Gasteiger partial charge is 0.396 e. The first kappa shape index (κ1) is 13.4. The second-order valence-electron chi connectivity index (χ2n) is 4.01. The lowest BCUT2D eigenvalue weighted by Crippen LogP contribution is -2.07. The minimum absolute atomic E-state index is 0.0114. The molecule has 0 amide bonds. The molecule has 1 atom stereocenters. The molecule has 0 bridgehead atoms. The van der Waals surface area contributed by atoms with Gasteiger partial charge in [-0.1, -0.05) is 6.92 Å². The molecule has 2 N–H and O–H groups in total. The van der Waals surface area contributed by atoms with Crippen molar-refractivity contribution in [2.24, 2.45) is 5.92 Å². The maximum atomic E-state index is 10.7. The zero-order valence-corrected chi connectivity index (χ0v) is 9.80. The van der Waals surface area contributed by atoms with Crippen LogP contribution >= 0.6 is 0 Å². The van der Waals surface area contributed by atoms with Gasteiger partial charge in [0.25, 0.3) is 0 Å². The quantitative estimate of drug-likeness (QED) is 0.430. The standard InChI is InChI=1S/C11H17N3O3/c1-9(8-15)3-2-5-13-10-4-6-12-7-11(10)14(16)17/h4,6-7,9,15H,2-3,5,8H2,1H3,(H,12,13). The van der Waals surface area contributed by atoms with Crippen molar-refractivity contribution in [2.45, 2.75) is 19.8 Å². The smallest absolute Gasteiger partial charge is 0.310 e. The predicted octanol–water partition coefficient (Wildman–Crippen LogP) is 1.81. The molecule has 1 aromatic rings. The van der Waals surface area contributed by atoms with Crippen molar-refractivity contribution < 1.29 is 10.0 Å². The van der Waals surface area contributed by atoms with Gasteiger partial charge in [-0.3, -0.25) is 15.1 Å². The highest BCUT2D eigenvalue weighted by Gasteiger charge is 2.12. The van der Waals surface area contributed by atoms with Crippen LogP contribution in [0.4, 0.5) is 11.4 Å². The molecule has 0 spiro atoms. The number of anilines is 1. The van der Waals surface area contributed by atoms with Crippen molar-refractivity contribution in [1.29, 1.82) is 0 Å². The van der Waals surface area contributed by atoms with Crippen molar-refractivity contribution in [3.05, 3.63) is 28.6 Å². The fourth-order valence-electron chi connectivity index (χ4n) is 1.45. The summed E-state index contributed by atoms with van der Waals surface area (Å²) in [7, 11) is 0. The minimum atomic E-state index is -0.453. The summed E-state index contributed by atoms with van der Waals surface area (Å²) in [5.74, 6) is 0.268. The van der Waals surface area contributed by atoms with Crippen LogP contribution < -0.4 is 5.32 Å². The molecule has 0 saturated heterocycles. The van der Waals surface area contributed by atoms with Gasteiger partial charge in [-0.25, -0.2) is 0 Å². The third kappa shape index (κ3) is 4.36. The Morgan fingerprint density at radius 2 is 2.41 bits per heavy atom. The molecular weight excluding hydrogens is 222 g/mol. The van der Waals surface area contributed by atoms with Crippen LogP contribution in [0, 0.1) is 16.0 Å². The van der Waals surface area contributed by atoms with Crippen LogP contribution in [0.15, 0.2) is 18.5 Å². The summed E-state index contributed by atoms with van der Waals surface area (Å²) in [4.78, 5) is 14.0. The van der Waals surface area contributed by atoms with Gasteiger partial charge in [0, 0.05) is 19.3 Å². The SMILES string of the molecule is CC(CO)CCCNc1ccncc1[N+](=O)[O-]. The van der Waals surface area contributed by atoms with E-state index in [1.807, 2.05) is 6.92 Å². The highest BCUT2D eigenvalue weighted by Crippen LogP contribution is 2.21. The first-order valence-electron chi connectivity index (χ1n) is 5.58. The van der Waals surface area contributed by atoms with Crippen LogP contribution in [0.3, 0.4) is 0 Å². The average molecular weight is 239 g/mol. The summed E-state index contributed by atoms with van der Waals surface area (Å²) in [5, 5.41) is 22.6. The fourth-order valence-corrected chi connectivity index (χ4v) is 1.45. The maximum absolute atomic E-state index is 10.7. The number of hydrogen-bond donors (Lipinski definition) is 2. The molecule has 0 fully saturated rings. The molecule has 94 valence electrons.